The Morgan fingerprint density at radius 3 is 3.05 bits per heavy atom. The van der Waals surface area contributed by atoms with E-state index in [9.17, 15) is 4.79 Å². The van der Waals surface area contributed by atoms with Crippen molar-refractivity contribution in [3.63, 3.8) is 0 Å². The van der Waals surface area contributed by atoms with Crippen LogP contribution in [0.4, 0.5) is 5.82 Å². The van der Waals surface area contributed by atoms with Gasteiger partial charge in [-0.05, 0) is 37.4 Å². The number of carbonyl (C=O) groups is 1. The molecule has 1 aromatic rings. The van der Waals surface area contributed by atoms with Crippen LogP contribution in [-0.2, 0) is 4.79 Å². The molecule has 1 aliphatic rings. The van der Waals surface area contributed by atoms with Crippen molar-refractivity contribution in [2.24, 2.45) is 11.7 Å². The summed E-state index contributed by atoms with van der Waals surface area (Å²) in [4.78, 5) is 18.3. The summed E-state index contributed by atoms with van der Waals surface area (Å²) in [5.41, 5.74) is 11.4. The van der Waals surface area contributed by atoms with E-state index in [-0.39, 0.29) is 5.91 Å². The Balaban J connectivity index is 1.79. The Labute approximate surface area is 126 Å². The van der Waals surface area contributed by atoms with Gasteiger partial charge in [-0.25, -0.2) is 4.98 Å². The highest BCUT2D eigenvalue weighted by atomic mass is 16.2. The lowest BCUT2D eigenvalue weighted by molar-refractivity contribution is -0.122. The molecule has 116 valence electrons. The van der Waals surface area contributed by atoms with Gasteiger partial charge in [0.05, 0.1) is 6.54 Å². The summed E-state index contributed by atoms with van der Waals surface area (Å²) >= 11 is 0. The Morgan fingerprint density at radius 2 is 2.38 bits per heavy atom. The predicted octanol–water partition coefficient (Wildman–Crippen LogP) is 0.974. The highest BCUT2D eigenvalue weighted by molar-refractivity contribution is 5.79. The highest BCUT2D eigenvalue weighted by Gasteiger charge is 2.27. The molecule has 6 heteroatoms. The van der Waals surface area contributed by atoms with Crippen LogP contribution in [0.25, 0.3) is 0 Å². The Hall–Kier alpha value is -1.66. The first-order chi connectivity index (χ1) is 10.2. The van der Waals surface area contributed by atoms with E-state index in [1.807, 2.05) is 12.1 Å². The summed E-state index contributed by atoms with van der Waals surface area (Å²) in [5.74, 6) is 1.31. The van der Waals surface area contributed by atoms with Gasteiger partial charge < -0.3 is 5.73 Å². The number of aromatic nitrogens is 1. The molecule has 0 radical (unpaired) electrons. The molecule has 21 heavy (non-hydrogen) atoms. The van der Waals surface area contributed by atoms with Crippen LogP contribution >= 0.6 is 0 Å². The van der Waals surface area contributed by atoms with Crippen molar-refractivity contribution in [1.82, 2.24) is 15.3 Å². The summed E-state index contributed by atoms with van der Waals surface area (Å²) < 4.78 is 0. The molecule has 2 rings (SSSR count). The van der Waals surface area contributed by atoms with E-state index in [2.05, 4.69) is 27.7 Å². The van der Waals surface area contributed by atoms with E-state index >= 15 is 0 Å². The van der Waals surface area contributed by atoms with Crippen molar-refractivity contribution >= 4 is 11.7 Å². The second kappa shape index (κ2) is 7.95. The van der Waals surface area contributed by atoms with Gasteiger partial charge in [-0.15, -0.1) is 0 Å². The Bertz CT molecular complexity index is 439. The van der Waals surface area contributed by atoms with Crippen LogP contribution in [-0.4, -0.2) is 41.5 Å². The number of nitrogens with one attached hydrogen (secondary N) is 2. The number of hydrazine groups is 1. The second-order valence-electron chi connectivity index (χ2n) is 5.55. The lowest BCUT2D eigenvalue weighted by atomic mass is 9.89. The molecule has 0 aromatic carbocycles. The highest BCUT2D eigenvalue weighted by Crippen LogP contribution is 2.24. The number of carbonyl (C=O) groups excluding carboxylic acids is 1. The molecule has 0 aliphatic carbocycles. The number of pyridine rings is 1. The zero-order valence-electron chi connectivity index (χ0n) is 12.6. The predicted molar refractivity (Wildman–Crippen MR) is 83.4 cm³/mol. The van der Waals surface area contributed by atoms with E-state index in [1.165, 1.54) is 6.42 Å². The molecule has 0 saturated carbocycles. The van der Waals surface area contributed by atoms with Crippen LogP contribution in [0.1, 0.15) is 26.2 Å². The minimum absolute atomic E-state index is 0.0611. The molecule has 1 aromatic heterocycles. The average molecular weight is 291 g/mol. The van der Waals surface area contributed by atoms with Crippen molar-refractivity contribution in [3.05, 3.63) is 24.4 Å². The molecule has 1 saturated heterocycles. The van der Waals surface area contributed by atoms with Gasteiger partial charge in [0.2, 0.25) is 0 Å². The van der Waals surface area contributed by atoms with E-state index in [0.29, 0.717) is 24.9 Å². The van der Waals surface area contributed by atoms with Crippen LogP contribution in [0.5, 0.6) is 0 Å². The van der Waals surface area contributed by atoms with Crippen LogP contribution in [0, 0.1) is 5.92 Å². The summed E-state index contributed by atoms with van der Waals surface area (Å²) in [5, 5.41) is 0. The summed E-state index contributed by atoms with van der Waals surface area (Å²) in [7, 11) is 0. The first-order valence-electron chi connectivity index (χ1n) is 7.63. The summed E-state index contributed by atoms with van der Waals surface area (Å²) in [6, 6.07) is 5.80. The molecule has 1 aliphatic heterocycles. The number of nitrogens with two attached hydrogens (primary N) is 1. The van der Waals surface area contributed by atoms with Gasteiger partial charge in [0.15, 0.2) is 0 Å². The molecule has 0 spiro atoms. The van der Waals surface area contributed by atoms with Crippen molar-refractivity contribution in [2.45, 2.75) is 32.2 Å². The minimum atomic E-state index is -0.0611. The zero-order valence-corrected chi connectivity index (χ0v) is 12.6. The van der Waals surface area contributed by atoms with Crippen LogP contribution in [0.15, 0.2) is 24.4 Å². The van der Waals surface area contributed by atoms with Crippen molar-refractivity contribution in [1.29, 1.82) is 0 Å². The third-order valence-electron chi connectivity index (χ3n) is 4.14. The van der Waals surface area contributed by atoms with Crippen LogP contribution in [0.2, 0.25) is 0 Å². The summed E-state index contributed by atoms with van der Waals surface area (Å²) in [6.07, 6.45) is 5.11. The first-order valence-corrected chi connectivity index (χ1v) is 7.63. The van der Waals surface area contributed by atoms with E-state index < -0.39 is 0 Å². The number of hydrogen-bond acceptors (Lipinski definition) is 5. The van der Waals surface area contributed by atoms with Gasteiger partial charge in [0.25, 0.3) is 5.91 Å². The fourth-order valence-corrected chi connectivity index (χ4v) is 2.80. The maximum absolute atomic E-state index is 12.0. The second-order valence-corrected chi connectivity index (χ2v) is 5.55. The molecule has 1 amide bonds. The number of nitrogens with zero attached hydrogens (tertiary/aromatic N) is 2. The largest absolute Gasteiger partial charge is 0.329 e. The van der Waals surface area contributed by atoms with Gasteiger partial charge in [-0.3, -0.25) is 20.5 Å². The number of piperidine rings is 1. The van der Waals surface area contributed by atoms with E-state index in [1.54, 1.807) is 12.3 Å². The van der Waals surface area contributed by atoms with Gasteiger partial charge in [0, 0.05) is 18.8 Å². The number of anilines is 1. The lowest BCUT2D eigenvalue weighted by Crippen LogP contribution is -2.50. The molecule has 2 unspecified atom stereocenters. The number of amides is 1. The maximum atomic E-state index is 12.0. The quantitative estimate of drug-likeness (QED) is 0.680. The Kier molecular flexibility index (Phi) is 5.95. The third-order valence-corrected chi connectivity index (χ3v) is 4.14. The number of likely N-dealkylation sites (tertiary alicyclic amines) is 1. The molecular weight excluding hydrogens is 266 g/mol. The van der Waals surface area contributed by atoms with Crippen molar-refractivity contribution in [2.75, 3.05) is 25.1 Å². The van der Waals surface area contributed by atoms with Crippen LogP contribution in [0.3, 0.4) is 0 Å². The third kappa shape index (κ3) is 4.68. The molecular formula is C15H25N5O. The van der Waals surface area contributed by atoms with Gasteiger partial charge in [-0.2, -0.15) is 0 Å². The monoisotopic (exact) mass is 291 g/mol. The van der Waals surface area contributed by atoms with Crippen LogP contribution < -0.4 is 16.6 Å². The Morgan fingerprint density at radius 1 is 1.52 bits per heavy atom. The van der Waals surface area contributed by atoms with Gasteiger partial charge in [-0.1, -0.05) is 19.4 Å². The number of hydrogen-bond donors (Lipinski definition) is 3. The van der Waals surface area contributed by atoms with Gasteiger partial charge >= 0.3 is 0 Å². The first kappa shape index (κ1) is 15.7. The number of rotatable bonds is 6. The fourth-order valence-electron chi connectivity index (χ4n) is 2.80. The summed E-state index contributed by atoms with van der Waals surface area (Å²) in [6.45, 7) is 4.14. The molecule has 4 N–H and O–H groups in total. The smallest absolute Gasteiger partial charge is 0.252 e. The normalized spacial score (nSPS) is 22.8. The zero-order chi connectivity index (χ0) is 15.1. The molecule has 2 heterocycles. The standard InChI is InChI=1S/C15H25N5O/c1-2-12-6-8-20(13(9-12)10-16)11-15(21)19-18-14-5-3-4-7-17-14/h3-5,7,12-13H,2,6,8-11,16H2,1H3,(H,17,18)(H,19,21). The molecule has 6 nitrogen and oxygen atoms in total. The van der Waals surface area contributed by atoms with Crippen molar-refractivity contribution < 1.29 is 4.79 Å². The molecule has 1 fully saturated rings. The fraction of sp³-hybridized carbons (Fsp3) is 0.600. The van der Waals surface area contributed by atoms with Crippen molar-refractivity contribution in [3.8, 4) is 0 Å². The van der Waals surface area contributed by atoms with Gasteiger partial charge in [0.1, 0.15) is 5.82 Å². The lowest BCUT2D eigenvalue weighted by Gasteiger charge is -2.38. The topological polar surface area (TPSA) is 83.3 Å². The average Bonchev–Trinajstić information content (AvgIpc) is 2.54. The molecule has 2 atom stereocenters. The van der Waals surface area contributed by atoms with E-state index in [4.69, 9.17) is 5.73 Å². The SMILES string of the molecule is CCC1CCN(CC(=O)NNc2ccccn2)C(CN)C1. The maximum Gasteiger partial charge on any atom is 0.252 e. The minimum Gasteiger partial charge on any atom is -0.329 e. The van der Waals surface area contributed by atoms with E-state index in [0.717, 1.165) is 25.3 Å². The molecule has 0 bridgehead atoms.